The molecule has 2 aliphatic rings. The van der Waals surface area contributed by atoms with Gasteiger partial charge in [0, 0.05) is 162 Å². The fraction of sp³-hybridized carbons (Fsp3) is 0.250. The van der Waals surface area contributed by atoms with E-state index in [1.54, 1.807) is 0 Å². The van der Waals surface area contributed by atoms with Gasteiger partial charge in [-0.25, -0.2) is 0 Å². The molecule has 0 aromatic heterocycles. The summed E-state index contributed by atoms with van der Waals surface area (Å²) in [4.78, 5) is 0. The van der Waals surface area contributed by atoms with E-state index in [2.05, 4.69) is 18.5 Å². The summed E-state index contributed by atoms with van der Waals surface area (Å²) < 4.78 is 23.2. The van der Waals surface area contributed by atoms with Crippen molar-refractivity contribution in [1.29, 1.82) is 0 Å². The Morgan fingerprint density at radius 2 is 0.885 bits per heavy atom. The first-order valence-electron chi connectivity index (χ1n) is 7.12. The quantitative estimate of drug-likeness (QED) is 0.569. The molecular formula is C16H16Ar4O4P2. The Morgan fingerprint density at radius 3 is 1.27 bits per heavy atom. The van der Waals surface area contributed by atoms with Crippen molar-refractivity contribution in [2.45, 2.75) is 0 Å². The molecule has 2 aromatic carbocycles. The van der Waals surface area contributed by atoms with Gasteiger partial charge in [0.25, 0.3) is 0 Å². The zero-order chi connectivity index (χ0) is 15.1. The summed E-state index contributed by atoms with van der Waals surface area (Å²) in [5, 5.41) is 2.08. The molecule has 0 bridgehead atoms. The van der Waals surface area contributed by atoms with E-state index in [1.165, 1.54) is 0 Å². The Labute approximate surface area is 278 Å². The fourth-order valence-corrected chi connectivity index (χ4v) is 3.52. The van der Waals surface area contributed by atoms with Crippen LogP contribution in [0.4, 0.5) is 0 Å². The Hall–Kier alpha value is 3.54. The van der Waals surface area contributed by atoms with Gasteiger partial charge in [0.15, 0.2) is 23.0 Å². The van der Waals surface area contributed by atoms with Crippen LogP contribution in [-0.4, -0.2) is 26.4 Å². The smallest absolute Gasteiger partial charge is 0.169 e. The molecule has 2 aliphatic heterocycles. The Balaban J connectivity index is 0.00000156. The molecule has 0 saturated heterocycles. The van der Waals surface area contributed by atoms with Crippen LogP contribution in [0.2, 0.25) is 0 Å². The molecule has 0 amide bonds. The van der Waals surface area contributed by atoms with Gasteiger partial charge in [0.05, 0.1) is 0 Å². The molecular weight excluding hydrogens is 478 g/mol. The molecule has 0 aliphatic carbocycles. The third-order valence-electron chi connectivity index (χ3n) is 3.73. The molecule has 0 fully saturated rings. The van der Waals surface area contributed by atoms with Crippen LogP contribution >= 0.6 is 18.5 Å². The second-order valence-corrected chi connectivity index (χ2v) is 6.35. The van der Waals surface area contributed by atoms with Crippen molar-refractivity contribution in [2.24, 2.45) is 0 Å². The summed E-state index contributed by atoms with van der Waals surface area (Å²) in [5.74, 6) is 3.08. The maximum absolute atomic E-state index is 5.89. The van der Waals surface area contributed by atoms with Crippen LogP contribution in [0.15, 0.2) is 24.3 Å². The van der Waals surface area contributed by atoms with Gasteiger partial charge in [-0.15, -0.1) is 18.5 Å². The van der Waals surface area contributed by atoms with E-state index in [4.69, 9.17) is 18.9 Å². The molecule has 2 heterocycles. The van der Waals surface area contributed by atoms with Gasteiger partial charge in [0.2, 0.25) is 0 Å². The van der Waals surface area contributed by atoms with Crippen molar-refractivity contribution in [3.8, 4) is 34.1 Å². The zero-order valence-corrected chi connectivity index (χ0v) is 18.5. The summed E-state index contributed by atoms with van der Waals surface area (Å²) in [6.07, 6.45) is 0. The number of benzene rings is 2. The van der Waals surface area contributed by atoms with E-state index < -0.39 is 0 Å². The topological polar surface area (TPSA) is 36.9 Å². The second-order valence-electron chi connectivity index (χ2n) is 5.11. The van der Waals surface area contributed by atoms with Gasteiger partial charge in [-0.3, -0.25) is 0 Å². The molecule has 0 saturated carbocycles. The molecule has 4 nitrogen and oxygen atoms in total. The summed E-state index contributed by atoms with van der Waals surface area (Å²) in [6, 6.07) is 7.91. The molecule has 146 valence electrons. The van der Waals surface area contributed by atoms with Gasteiger partial charge in [0.1, 0.15) is 26.4 Å². The SMILES string of the molecule is Pc1ccc2c(c1-c1c(P)ccc3c1OCCO3)OCCO2.[Ar].[Ar].[Ar].[Ar]. The van der Waals surface area contributed by atoms with Crippen LogP contribution in [-0.2, 0) is 0 Å². The second kappa shape index (κ2) is 13.8. The molecule has 4 rings (SSSR count). The van der Waals surface area contributed by atoms with Gasteiger partial charge in [-0.05, 0) is 22.7 Å². The Morgan fingerprint density at radius 1 is 0.538 bits per heavy atom. The van der Waals surface area contributed by atoms with E-state index in [1.807, 2.05) is 24.3 Å². The molecule has 2 unspecified atom stereocenters. The van der Waals surface area contributed by atoms with Crippen molar-refractivity contribution >= 4 is 29.1 Å². The average Bonchev–Trinajstić information content (AvgIpc) is 2.56. The Kier molecular flexibility index (Phi) is 15.7. The largest absolute Gasteiger partial charge is 0.486 e. The van der Waals surface area contributed by atoms with E-state index in [-0.39, 0.29) is 151 Å². The van der Waals surface area contributed by atoms with E-state index in [0.717, 1.165) is 44.7 Å². The van der Waals surface area contributed by atoms with Crippen molar-refractivity contribution in [3.63, 3.8) is 0 Å². The van der Waals surface area contributed by atoms with Crippen LogP contribution in [0.25, 0.3) is 11.1 Å². The monoisotopic (exact) mass is 494 g/mol. The molecule has 0 N–H and O–H groups in total. The van der Waals surface area contributed by atoms with E-state index >= 15 is 0 Å². The Bertz CT molecular complexity index is 698. The number of hydrogen-bond donors (Lipinski definition) is 0. The molecule has 0 radical (unpaired) electrons. The predicted molar refractivity (Wildman–Crippen MR) is 92.5 cm³/mol. The van der Waals surface area contributed by atoms with Gasteiger partial charge in [-0.2, -0.15) is 0 Å². The minimum Gasteiger partial charge on any atom is -0.486 e. The number of ether oxygens (including phenoxy) is 4. The van der Waals surface area contributed by atoms with Crippen molar-refractivity contribution in [1.82, 2.24) is 0 Å². The first-order valence-corrected chi connectivity index (χ1v) is 8.27. The average molecular weight is 494 g/mol. The first kappa shape index (κ1) is 29.5. The van der Waals surface area contributed by atoms with Crippen molar-refractivity contribution in [3.05, 3.63) is 24.3 Å². The maximum Gasteiger partial charge on any atom is 0.169 e. The fourth-order valence-electron chi connectivity index (χ4n) is 2.78. The predicted octanol–water partition coefficient (Wildman–Crippen LogP) is 1.90. The third kappa shape index (κ3) is 6.29. The molecule has 0 spiro atoms. The van der Waals surface area contributed by atoms with Crippen LogP contribution in [0.1, 0.15) is 0 Å². The molecule has 10 heteroatoms. The van der Waals surface area contributed by atoms with E-state index in [9.17, 15) is 0 Å². The van der Waals surface area contributed by atoms with E-state index in [0.29, 0.717) is 26.4 Å². The maximum atomic E-state index is 5.89. The minimum atomic E-state index is 0. The molecule has 2 aromatic rings. The number of hydrogen-bond acceptors (Lipinski definition) is 4. The molecule has 2 atom stereocenters. The number of rotatable bonds is 1. The van der Waals surface area contributed by atoms with Gasteiger partial charge >= 0.3 is 0 Å². The summed E-state index contributed by atoms with van der Waals surface area (Å²) >= 11 is 0. The first-order chi connectivity index (χ1) is 10.8. The summed E-state index contributed by atoms with van der Waals surface area (Å²) in [7, 11) is 5.53. The van der Waals surface area contributed by atoms with Crippen LogP contribution in [0, 0.1) is 151 Å². The minimum absolute atomic E-state index is 0. The van der Waals surface area contributed by atoms with Gasteiger partial charge in [-0.1, -0.05) is 12.1 Å². The van der Waals surface area contributed by atoms with Crippen LogP contribution in [0.5, 0.6) is 23.0 Å². The standard InChI is InChI=1S/C16H16O4P2.4Ar/c21-11-3-1-9-15(19-7-5-17-9)13(11)14-12(22)4-2-10-16(14)20-8-6-18-10;;;;/h1-4H,5-8,21-22H2;;;;. The van der Waals surface area contributed by atoms with Crippen LogP contribution < -0.4 is 29.6 Å². The summed E-state index contributed by atoms with van der Waals surface area (Å²) in [5.41, 5.74) is 1.96. The summed E-state index contributed by atoms with van der Waals surface area (Å²) in [6.45, 7) is 2.24. The third-order valence-corrected chi connectivity index (χ3v) is 4.69. The van der Waals surface area contributed by atoms with Crippen molar-refractivity contribution < 1.29 is 170 Å². The number of fused-ring (bicyclic) bond motifs is 2. The van der Waals surface area contributed by atoms with Crippen molar-refractivity contribution in [2.75, 3.05) is 26.4 Å². The van der Waals surface area contributed by atoms with Crippen LogP contribution in [0.3, 0.4) is 0 Å². The van der Waals surface area contributed by atoms with Gasteiger partial charge < -0.3 is 18.9 Å². The molecule has 26 heavy (non-hydrogen) atoms. The zero-order valence-electron chi connectivity index (χ0n) is 13.3. The normalized spacial score (nSPS) is 13.2.